The summed E-state index contributed by atoms with van der Waals surface area (Å²) in [7, 11) is 0. The molecule has 2 aromatic heterocycles. The van der Waals surface area contributed by atoms with Gasteiger partial charge in [-0.3, -0.25) is 4.57 Å². The van der Waals surface area contributed by atoms with Crippen LogP contribution in [0.4, 0.5) is 0 Å². The fourth-order valence-electron chi connectivity index (χ4n) is 8.55. The summed E-state index contributed by atoms with van der Waals surface area (Å²) in [5.74, 6) is 0.682. The molecule has 0 unspecified atom stereocenters. The Kier molecular flexibility index (Phi) is 8.49. The van der Waals surface area contributed by atoms with Crippen molar-refractivity contribution in [1.82, 2.24) is 14.5 Å². The van der Waals surface area contributed by atoms with Crippen molar-refractivity contribution in [2.75, 3.05) is 0 Å². The summed E-state index contributed by atoms with van der Waals surface area (Å²) in [5.41, 5.74) is 15.3. The number of aromatic nitrogens is 3. The molecule has 2 heterocycles. The van der Waals surface area contributed by atoms with Crippen LogP contribution in [0.15, 0.2) is 224 Å². The second kappa shape index (κ2) is 14.6. The van der Waals surface area contributed by atoms with Crippen molar-refractivity contribution in [3.8, 4) is 72.8 Å². The second-order valence-electron chi connectivity index (χ2n) is 15.0. The molecule has 0 atom stereocenters. The van der Waals surface area contributed by atoms with E-state index >= 15 is 0 Å². The molecule has 59 heavy (non-hydrogen) atoms. The first-order chi connectivity index (χ1) is 29.2. The minimum Gasteiger partial charge on any atom is -0.294 e. The normalized spacial score (nSPS) is 11.4. The van der Waals surface area contributed by atoms with Crippen LogP contribution in [-0.2, 0) is 0 Å². The smallest absolute Gasteiger partial charge is 0.162 e. The first-order valence-electron chi connectivity index (χ1n) is 20.1. The fourth-order valence-corrected chi connectivity index (χ4v) is 8.55. The molecule has 0 radical (unpaired) electrons. The van der Waals surface area contributed by atoms with Crippen LogP contribution >= 0.6 is 0 Å². The van der Waals surface area contributed by atoms with Crippen molar-refractivity contribution in [2.24, 2.45) is 0 Å². The van der Waals surface area contributed by atoms with E-state index in [4.69, 9.17) is 9.97 Å². The summed E-state index contributed by atoms with van der Waals surface area (Å²) >= 11 is 0. The molecular weight excluding hydrogens is 715 g/mol. The number of para-hydroxylation sites is 2. The molecule has 11 aromatic rings. The molecule has 0 aliphatic rings. The minimum absolute atomic E-state index is 0.682. The summed E-state index contributed by atoms with van der Waals surface area (Å²) in [5, 5.41) is 4.51. The van der Waals surface area contributed by atoms with Crippen molar-refractivity contribution in [3.63, 3.8) is 0 Å². The molecule has 0 spiro atoms. The third-order valence-electron chi connectivity index (χ3n) is 11.4. The highest BCUT2D eigenvalue weighted by molar-refractivity contribution is 6.16. The Labute approximate surface area is 343 Å². The fraction of sp³-hybridized carbons (Fsp3) is 0. The predicted octanol–water partition coefficient (Wildman–Crippen LogP) is 14.7. The number of benzene rings is 9. The van der Waals surface area contributed by atoms with E-state index in [1.807, 2.05) is 0 Å². The van der Waals surface area contributed by atoms with Gasteiger partial charge in [0.15, 0.2) is 5.82 Å². The van der Waals surface area contributed by atoms with E-state index in [-0.39, 0.29) is 0 Å². The molecule has 3 nitrogen and oxygen atoms in total. The zero-order valence-electron chi connectivity index (χ0n) is 32.2. The van der Waals surface area contributed by atoms with Crippen LogP contribution in [0.2, 0.25) is 0 Å². The number of nitrogens with zero attached hydrogens (tertiary/aromatic N) is 3. The molecule has 0 aliphatic carbocycles. The number of rotatable bonds is 7. The first kappa shape index (κ1) is 34.4. The topological polar surface area (TPSA) is 30.7 Å². The summed E-state index contributed by atoms with van der Waals surface area (Å²) < 4.78 is 2.28. The largest absolute Gasteiger partial charge is 0.294 e. The summed E-state index contributed by atoms with van der Waals surface area (Å²) in [4.78, 5) is 11.0. The number of fused-ring (bicyclic) bond motifs is 4. The van der Waals surface area contributed by atoms with E-state index in [1.54, 1.807) is 0 Å². The van der Waals surface area contributed by atoms with Gasteiger partial charge >= 0.3 is 0 Å². The monoisotopic (exact) mass is 751 g/mol. The molecule has 0 N–H and O–H groups in total. The molecule has 9 aromatic carbocycles. The Hall–Kier alpha value is -7.88. The predicted molar refractivity (Wildman–Crippen MR) is 246 cm³/mol. The van der Waals surface area contributed by atoms with Crippen LogP contribution in [0.25, 0.3) is 106 Å². The highest BCUT2D eigenvalue weighted by Crippen LogP contribution is 2.41. The summed E-state index contributed by atoms with van der Waals surface area (Å²) in [6, 6.07) is 79.9. The average molecular weight is 752 g/mol. The van der Waals surface area contributed by atoms with Crippen LogP contribution < -0.4 is 0 Å². The third kappa shape index (κ3) is 6.26. The first-order valence-corrected chi connectivity index (χ1v) is 20.1. The molecule has 0 amide bonds. The Balaban J connectivity index is 1.09. The zero-order valence-corrected chi connectivity index (χ0v) is 32.2. The lowest BCUT2D eigenvalue weighted by Crippen LogP contribution is -2.00. The van der Waals surface area contributed by atoms with Gasteiger partial charge in [-0.25, -0.2) is 9.97 Å². The SMILES string of the molecule is c1ccc(-c2cc(-c3ccccc3)cc(-c3cccc(-c4cccc(-c5nc(-c6cccc7ccccc67)c6c7ccccc7n(-c7ccccc7)c6n5)c4)c3)c2)cc1. The van der Waals surface area contributed by atoms with Gasteiger partial charge in [0.2, 0.25) is 0 Å². The molecule has 0 bridgehead atoms. The summed E-state index contributed by atoms with van der Waals surface area (Å²) in [6.07, 6.45) is 0. The van der Waals surface area contributed by atoms with Crippen LogP contribution in [0.1, 0.15) is 0 Å². The molecule has 0 aliphatic heterocycles. The Morgan fingerprint density at radius 3 is 1.46 bits per heavy atom. The van der Waals surface area contributed by atoms with E-state index in [0.717, 1.165) is 66.5 Å². The average Bonchev–Trinajstić information content (AvgIpc) is 3.66. The molecule has 3 heteroatoms. The van der Waals surface area contributed by atoms with Crippen molar-refractivity contribution in [1.29, 1.82) is 0 Å². The van der Waals surface area contributed by atoms with Gasteiger partial charge in [0.05, 0.1) is 16.6 Å². The minimum atomic E-state index is 0.682. The molecular formula is C56H37N3. The van der Waals surface area contributed by atoms with Crippen molar-refractivity contribution in [3.05, 3.63) is 224 Å². The molecule has 276 valence electrons. The maximum absolute atomic E-state index is 5.50. The van der Waals surface area contributed by atoms with Gasteiger partial charge in [0, 0.05) is 22.2 Å². The quantitative estimate of drug-likeness (QED) is 0.162. The van der Waals surface area contributed by atoms with Crippen LogP contribution in [0, 0.1) is 0 Å². The van der Waals surface area contributed by atoms with Gasteiger partial charge in [-0.15, -0.1) is 0 Å². The van der Waals surface area contributed by atoms with Crippen LogP contribution in [-0.4, -0.2) is 14.5 Å². The highest BCUT2D eigenvalue weighted by Gasteiger charge is 2.22. The lowest BCUT2D eigenvalue weighted by atomic mass is 9.92. The van der Waals surface area contributed by atoms with E-state index in [0.29, 0.717) is 5.82 Å². The molecule has 0 fully saturated rings. The van der Waals surface area contributed by atoms with Crippen molar-refractivity contribution in [2.45, 2.75) is 0 Å². The van der Waals surface area contributed by atoms with Crippen molar-refractivity contribution < 1.29 is 0 Å². The zero-order chi connectivity index (χ0) is 39.1. The van der Waals surface area contributed by atoms with Gasteiger partial charge in [-0.1, -0.05) is 176 Å². The van der Waals surface area contributed by atoms with E-state index < -0.39 is 0 Å². The lowest BCUT2D eigenvalue weighted by Gasteiger charge is -2.13. The Morgan fingerprint density at radius 2 is 0.780 bits per heavy atom. The van der Waals surface area contributed by atoms with Gasteiger partial charge in [-0.2, -0.15) is 0 Å². The Bertz CT molecular complexity index is 3250. The van der Waals surface area contributed by atoms with E-state index in [1.165, 1.54) is 33.2 Å². The third-order valence-corrected chi connectivity index (χ3v) is 11.4. The van der Waals surface area contributed by atoms with Gasteiger partial charge in [0.1, 0.15) is 5.65 Å². The molecule has 0 saturated carbocycles. The standard InChI is InChI=1S/C56H37N3/c1-4-17-38(18-5-1)45-35-46(39-19-6-2-7-20-39)37-47(36-45)43-25-14-23-41(33-43)42-24-15-26-44(34-42)55-57-54(50-31-16-22-40-21-10-11-29-49(40)50)53-51-30-12-13-32-52(51)59(56(53)58-55)48-27-8-3-9-28-48/h1-37H. The molecule has 11 rings (SSSR count). The maximum atomic E-state index is 5.50. The lowest BCUT2D eigenvalue weighted by molar-refractivity contribution is 1.11. The van der Waals surface area contributed by atoms with Gasteiger partial charge in [-0.05, 0) is 104 Å². The highest BCUT2D eigenvalue weighted by atomic mass is 15.1. The van der Waals surface area contributed by atoms with E-state index in [2.05, 4.69) is 229 Å². The van der Waals surface area contributed by atoms with Crippen molar-refractivity contribution >= 4 is 32.7 Å². The molecule has 0 saturated heterocycles. The number of hydrogen-bond acceptors (Lipinski definition) is 2. The van der Waals surface area contributed by atoms with Gasteiger partial charge < -0.3 is 0 Å². The summed E-state index contributed by atoms with van der Waals surface area (Å²) in [6.45, 7) is 0. The van der Waals surface area contributed by atoms with Crippen LogP contribution in [0.5, 0.6) is 0 Å². The van der Waals surface area contributed by atoms with E-state index in [9.17, 15) is 0 Å². The van der Waals surface area contributed by atoms with Crippen LogP contribution in [0.3, 0.4) is 0 Å². The maximum Gasteiger partial charge on any atom is 0.162 e. The number of hydrogen-bond donors (Lipinski definition) is 0. The van der Waals surface area contributed by atoms with Gasteiger partial charge in [0.25, 0.3) is 0 Å². The second-order valence-corrected chi connectivity index (χ2v) is 15.0. The Morgan fingerprint density at radius 1 is 0.322 bits per heavy atom.